The van der Waals surface area contributed by atoms with Gasteiger partial charge < -0.3 is 34.5 Å². The molecule has 1 saturated heterocycles. The molecule has 13 heteroatoms. The topological polar surface area (TPSA) is 178 Å². The number of benzene rings is 1. The highest BCUT2D eigenvalue weighted by Gasteiger charge is 2.44. The third-order valence-electron chi connectivity index (χ3n) is 3.82. The Bertz CT molecular complexity index is 785. The van der Waals surface area contributed by atoms with Gasteiger partial charge in [0.25, 0.3) is 10.4 Å². The van der Waals surface area contributed by atoms with Crippen LogP contribution in [0.4, 0.5) is 0 Å². The summed E-state index contributed by atoms with van der Waals surface area (Å²) in [7, 11) is -3.66. The molecule has 2 rings (SSSR count). The number of hydrogen-bond acceptors (Lipinski definition) is 12. The molecular formula is C15H20NO10S2-. The quantitative estimate of drug-likeness (QED) is 0.129. The van der Waals surface area contributed by atoms with E-state index < -0.39 is 46.9 Å². The molecule has 0 radical (unpaired) electrons. The van der Waals surface area contributed by atoms with Gasteiger partial charge in [-0.25, -0.2) is 0 Å². The largest absolute Gasteiger partial charge is 0.714 e. The van der Waals surface area contributed by atoms with Crippen molar-refractivity contribution in [2.75, 3.05) is 13.7 Å². The van der Waals surface area contributed by atoms with Gasteiger partial charge in [-0.3, -0.25) is 4.28 Å². The predicted molar refractivity (Wildman–Crippen MR) is 96.3 cm³/mol. The van der Waals surface area contributed by atoms with Gasteiger partial charge in [0.2, 0.25) is 0 Å². The molecule has 1 aromatic rings. The summed E-state index contributed by atoms with van der Waals surface area (Å²) in [5, 5.41) is 42.3. The van der Waals surface area contributed by atoms with E-state index in [2.05, 4.69) is 9.44 Å². The van der Waals surface area contributed by atoms with Crippen LogP contribution in [0.25, 0.3) is 0 Å². The fraction of sp³-hybridized carbons (Fsp3) is 0.533. The fourth-order valence-corrected chi connectivity index (χ4v) is 3.76. The van der Waals surface area contributed by atoms with Gasteiger partial charge in [0.15, 0.2) is 0 Å². The Balaban J connectivity index is 2.23. The Hall–Kier alpha value is -1.45. The highest BCUT2D eigenvalue weighted by Crippen LogP contribution is 2.30. The van der Waals surface area contributed by atoms with Crippen molar-refractivity contribution in [3.63, 3.8) is 0 Å². The molecule has 0 aromatic heterocycles. The lowest BCUT2D eigenvalue weighted by Gasteiger charge is -2.39. The van der Waals surface area contributed by atoms with E-state index in [1.165, 1.54) is 7.11 Å². The standard InChI is InChI=1S/C15H21NO10S2/c1-24-9-4-2-3-8(5-9)6-11(16-26-28(21,22)23)27-15-14(20)13(19)12(18)10(7-17)25-15/h2-5,10,12-15,17-20H,6-7H2,1H3,(H,21,22,23)/p-1/b16-11-/t10?,12-,13+,14?,15+/m1/s1. The zero-order valence-electron chi connectivity index (χ0n) is 14.6. The van der Waals surface area contributed by atoms with Crippen molar-refractivity contribution in [2.24, 2.45) is 5.16 Å². The van der Waals surface area contributed by atoms with Crippen LogP contribution < -0.4 is 4.74 Å². The summed E-state index contributed by atoms with van der Waals surface area (Å²) in [6.45, 7) is -0.629. The zero-order valence-corrected chi connectivity index (χ0v) is 16.2. The molecule has 5 atom stereocenters. The maximum Gasteiger partial charge on any atom is 0.284 e. The highest BCUT2D eigenvalue weighted by molar-refractivity contribution is 8.14. The summed E-state index contributed by atoms with van der Waals surface area (Å²) < 4.78 is 46.6. The van der Waals surface area contributed by atoms with Crippen LogP contribution >= 0.6 is 11.8 Å². The van der Waals surface area contributed by atoms with Gasteiger partial charge in [0.1, 0.15) is 40.6 Å². The van der Waals surface area contributed by atoms with Gasteiger partial charge in [0.05, 0.1) is 13.7 Å². The van der Waals surface area contributed by atoms with Crippen LogP contribution in [-0.2, 0) is 25.8 Å². The van der Waals surface area contributed by atoms with Crippen LogP contribution in [0.5, 0.6) is 5.75 Å². The van der Waals surface area contributed by atoms with Crippen LogP contribution in [0.1, 0.15) is 5.56 Å². The first-order chi connectivity index (χ1) is 13.1. The van der Waals surface area contributed by atoms with Crippen molar-refractivity contribution < 1.29 is 47.2 Å². The van der Waals surface area contributed by atoms with Gasteiger partial charge in [0, 0.05) is 6.42 Å². The zero-order chi connectivity index (χ0) is 20.9. The highest BCUT2D eigenvalue weighted by atomic mass is 32.3. The molecule has 1 aliphatic heterocycles. The van der Waals surface area contributed by atoms with E-state index in [0.717, 1.165) is 0 Å². The van der Waals surface area contributed by atoms with Gasteiger partial charge in [-0.05, 0) is 17.7 Å². The Morgan fingerprint density at radius 2 is 2.00 bits per heavy atom. The lowest BCUT2D eigenvalue weighted by Crippen LogP contribution is -2.57. The smallest absolute Gasteiger partial charge is 0.284 e. The molecule has 0 aliphatic carbocycles. The van der Waals surface area contributed by atoms with Crippen LogP contribution in [-0.4, -0.2) is 82.0 Å². The Kier molecular flexibility index (Phi) is 8.03. The second-order valence-corrected chi connectivity index (χ2v) is 7.95. The SMILES string of the molecule is COc1cccc(C/C(=N/OS(=O)(=O)[O-])S[C@@H]2OC(CO)[C@@H](O)[C@H](O)C2O)c1. The molecule has 1 aromatic carbocycles. The number of methoxy groups -OCH3 is 1. The normalized spacial score (nSPS) is 28.8. The van der Waals surface area contributed by atoms with Crippen molar-refractivity contribution in [2.45, 2.75) is 36.3 Å². The van der Waals surface area contributed by atoms with Crippen LogP contribution in [0.2, 0.25) is 0 Å². The van der Waals surface area contributed by atoms with Gasteiger partial charge in [-0.15, -0.1) is 0 Å². The summed E-state index contributed by atoms with van der Waals surface area (Å²) in [6.07, 6.45) is -5.92. The number of thioether (sulfide) groups is 1. The molecule has 28 heavy (non-hydrogen) atoms. The summed E-state index contributed by atoms with van der Waals surface area (Å²) >= 11 is 0.674. The molecule has 1 heterocycles. The number of oxime groups is 1. The Labute approximate surface area is 165 Å². The maximum atomic E-state index is 10.7. The molecule has 0 saturated carbocycles. The third-order valence-corrected chi connectivity index (χ3v) is 5.19. The van der Waals surface area contributed by atoms with E-state index in [9.17, 15) is 33.4 Å². The average molecular weight is 438 g/mol. The molecular weight excluding hydrogens is 418 g/mol. The minimum absolute atomic E-state index is 0.0214. The molecule has 11 nitrogen and oxygen atoms in total. The average Bonchev–Trinajstić information content (AvgIpc) is 2.66. The summed E-state index contributed by atoms with van der Waals surface area (Å²) in [6, 6.07) is 6.67. The minimum Gasteiger partial charge on any atom is -0.714 e. The van der Waals surface area contributed by atoms with E-state index in [4.69, 9.17) is 9.47 Å². The van der Waals surface area contributed by atoms with Crippen molar-refractivity contribution in [3.05, 3.63) is 29.8 Å². The molecule has 0 amide bonds. The first-order valence-electron chi connectivity index (χ1n) is 7.96. The predicted octanol–water partition coefficient (Wildman–Crippen LogP) is -1.44. The minimum atomic E-state index is -5.12. The molecule has 158 valence electrons. The number of aliphatic hydroxyl groups is 4. The van der Waals surface area contributed by atoms with E-state index >= 15 is 0 Å². The Morgan fingerprint density at radius 1 is 1.29 bits per heavy atom. The second-order valence-electron chi connectivity index (χ2n) is 5.81. The molecule has 1 fully saturated rings. The molecule has 2 unspecified atom stereocenters. The van der Waals surface area contributed by atoms with Gasteiger partial charge >= 0.3 is 0 Å². The van der Waals surface area contributed by atoms with Crippen molar-refractivity contribution >= 4 is 27.2 Å². The van der Waals surface area contributed by atoms with Gasteiger partial charge in [-0.2, -0.15) is 8.42 Å². The van der Waals surface area contributed by atoms with E-state index in [1.54, 1.807) is 24.3 Å². The maximum absolute atomic E-state index is 10.7. The summed E-state index contributed by atoms with van der Waals surface area (Å²) in [5.41, 5.74) is -0.611. The van der Waals surface area contributed by atoms with E-state index in [1.807, 2.05) is 0 Å². The Morgan fingerprint density at radius 3 is 2.61 bits per heavy atom. The first-order valence-corrected chi connectivity index (χ1v) is 10.2. The first kappa shape index (κ1) is 22.8. The summed E-state index contributed by atoms with van der Waals surface area (Å²) in [4.78, 5) is 0. The lowest BCUT2D eigenvalue weighted by molar-refractivity contribution is -0.205. The van der Waals surface area contributed by atoms with Crippen LogP contribution in [0, 0.1) is 0 Å². The van der Waals surface area contributed by atoms with Crippen molar-refractivity contribution in [1.29, 1.82) is 0 Å². The number of ether oxygens (including phenoxy) is 2. The molecule has 0 spiro atoms. The molecule has 4 N–H and O–H groups in total. The third kappa shape index (κ3) is 6.28. The number of aliphatic hydroxyl groups excluding tert-OH is 4. The molecule has 1 aliphatic rings. The number of nitrogens with zero attached hydrogens (tertiary/aromatic N) is 1. The van der Waals surface area contributed by atoms with Crippen molar-refractivity contribution in [1.82, 2.24) is 0 Å². The number of hydrogen-bond donors (Lipinski definition) is 4. The molecule has 0 bridgehead atoms. The summed E-state index contributed by atoms with van der Waals surface area (Å²) in [5.74, 6) is 0.520. The van der Waals surface area contributed by atoms with E-state index in [-0.39, 0.29) is 11.5 Å². The van der Waals surface area contributed by atoms with Crippen molar-refractivity contribution in [3.8, 4) is 5.75 Å². The fourth-order valence-electron chi connectivity index (χ4n) is 2.44. The monoisotopic (exact) mass is 438 g/mol. The van der Waals surface area contributed by atoms with E-state index in [0.29, 0.717) is 23.1 Å². The number of rotatable bonds is 7. The lowest BCUT2D eigenvalue weighted by atomic mass is 10.0. The van der Waals surface area contributed by atoms with Gasteiger partial charge in [-0.1, -0.05) is 29.1 Å². The second kappa shape index (κ2) is 9.84. The van der Waals surface area contributed by atoms with Crippen LogP contribution in [0.3, 0.4) is 0 Å². The van der Waals surface area contributed by atoms with Crippen LogP contribution in [0.15, 0.2) is 29.4 Å².